The Bertz CT molecular complexity index is 546. The van der Waals surface area contributed by atoms with Gasteiger partial charge >= 0.3 is 0 Å². The Balaban J connectivity index is 2.38. The number of hydrogen-bond acceptors (Lipinski definition) is 2. The number of aromatic nitrogens is 2. The fraction of sp³-hybridized carbons (Fsp3) is 0.167. The van der Waals surface area contributed by atoms with Gasteiger partial charge in [-0.25, -0.2) is 4.39 Å². The molecule has 1 heterocycles. The van der Waals surface area contributed by atoms with Gasteiger partial charge in [0.15, 0.2) is 0 Å². The molecule has 0 saturated carbocycles. The number of carbonyl (C=O) groups excluding carboxylic acids is 1. The zero-order chi connectivity index (χ0) is 11.7. The van der Waals surface area contributed by atoms with E-state index in [1.807, 2.05) is 0 Å². The fourth-order valence-corrected chi connectivity index (χ4v) is 1.42. The SMILES string of the molecule is Cc1ccc(C(=O)c2ccn(C)n2)cc1F. The Kier molecular flexibility index (Phi) is 2.56. The molecule has 0 aliphatic carbocycles. The third kappa shape index (κ3) is 1.86. The minimum atomic E-state index is -0.373. The molecule has 2 rings (SSSR count). The molecular formula is C12H11FN2O. The normalized spacial score (nSPS) is 10.4. The summed E-state index contributed by atoms with van der Waals surface area (Å²) in [5, 5.41) is 3.98. The van der Waals surface area contributed by atoms with E-state index in [4.69, 9.17) is 0 Å². The first-order valence-electron chi connectivity index (χ1n) is 4.88. The molecule has 2 aromatic rings. The Hall–Kier alpha value is -1.97. The van der Waals surface area contributed by atoms with E-state index in [9.17, 15) is 9.18 Å². The molecule has 0 fully saturated rings. The van der Waals surface area contributed by atoms with Crippen molar-refractivity contribution >= 4 is 5.78 Å². The molecule has 16 heavy (non-hydrogen) atoms. The fourth-order valence-electron chi connectivity index (χ4n) is 1.42. The van der Waals surface area contributed by atoms with Crippen molar-refractivity contribution in [2.75, 3.05) is 0 Å². The largest absolute Gasteiger partial charge is 0.287 e. The van der Waals surface area contributed by atoms with Crippen LogP contribution in [0.3, 0.4) is 0 Å². The van der Waals surface area contributed by atoms with Gasteiger partial charge in [0.25, 0.3) is 0 Å². The highest BCUT2D eigenvalue weighted by molar-refractivity contribution is 6.07. The molecule has 0 radical (unpaired) electrons. The molecule has 82 valence electrons. The van der Waals surface area contributed by atoms with Crippen LogP contribution in [0.15, 0.2) is 30.5 Å². The van der Waals surface area contributed by atoms with Gasteiger partial charge in [-0.05, 0) is 24.6 Å². The number of carbonyl (C=O) groups is 1. The maximum absolute atomic E-state index is 13.3. The highest BCUT2D eigenvalue weighted by Gasteiger charge is 2.12. The van der Waals surface area contributed by atoms with Crippen molar-refractivity contribution < 1.29 is 9.18 Å². The van der Waals surface area contributed by atoms with E-state index in [2.05, 4.69) is 5.10 Å². The Morgan fingerprint density at radius 1 is 1.38 bits per heavy atom. The van der Waals surface area contributed by atoms with Crippen molar-refractivity contribution in [3.8, 4) is 0 Å². The van der Waals surface area contributed by atoms with Crippen molar-refractivity contribution in [3.63, 3.8) is 0 Å². The second-order valence-corrected chi connectivity index (χ2v) is 3.67. The number of nitrogens with zero attached hydrogens (tertiary/aromatic N) is 2. The molecule has 4 heteroatoms. The van der Waals surface area contributed by atoms with Crippen LogP contribution in [0.25, 0.3) is 0 Å². The molecule has 0 N–H and O–H groups in total. The number of halogens is 1. The van der Waals surface area contributed by atoms with Crippen molar-refractivity contribution in [2.24, 2.45) is 7.05 Å². The smallest absolute Gasteiger partial charge is 0.213 e. The monoisotopic (exact) mass is 218 g/mol. The van der Waals surface area contributed by atoms with Crippen LogP contribution < -0.4 is 0 Å². The molecule has 0 spiro atoms. The Morgan fingerprint density at radius 2 is 2.12 bits per heavy atom. The third-order valence-corrected chi connectivity index (χ3v) is 2.38. The Labute approximate surface area is 92.5 Å². The molecule has 1 aromatic heterocycles. The highest BCUT2D eigenvalue weighted by Crippen LogP contribution is 2.12. The van der Waals surface area contributed by atoms with Crippen LogP contribution in [0.4, 0.5) is 4.39 Å². The summed E-state index contributed by atoms with van der Waals surface area (Å²) in [7, 11) is 1.73. The molecule has 0 amide bonds. The van der Waals surface area contributed by atoms with Crippen molar-refractivity contribution in [1.29, 1.82) is 0 Å². The molecular weight excluding hydrogens is 207 g/mol. The number of benzene rings is 1. The van der Waals surface area contributed by atoms with Gasteiger partial charge in [-0.1, -0.05) is 12.1 Å². The Morgan fingerprint density at radius 3 is 2.69 bits per heavy atom. The van der Waals surface area contributed by atoms with Gasteiger partial charge in [-0.2, -0.15) is 5.10 Å². The van der Waals surface area contributed by atoms with E-state index in [0.29, 0.717) is 16.8 Å². The summed E-state index contributed by atoms with van der Waals surface area (Å²) in [5.74, 6) is -0.638. The second-order valence-electron chi connectivity index (χ2n) is 3.67. The number of rotatable bonds is 2. The maximum Gasteiger partial charge on any atom is 0.213 e. The first kappa shape index (κ1) is 10.5. The summed E-state index contributed by atoms with van der Waals surface area (Å²) < 4.78 is 14.8. The predicted octanol–water partition coefficient (Wildman–Crippen LogP) is 2.10. The minimum Gasteiger partial charge on any atom is -0.287 e. The van der Waals surface area contributed by atoms with Crippen LogP contribution >= 0.6 is 0 Å². The molecule has 0 saturated heterocycles. The van der Waals surface area contributed by atoms with Crippen LogP contribution in [0.2, 0.25) is 0 Å². The third-order valence-electron chi connectivity index (χ3n) is 2.38. The first-order valence-corrected chi connectivity index (χ1v) is 4.88. The quantitative estimate of drug-likeness (QED) is 0.723. The van der Waals surface area contributed by atoms with E-state index >= 15 is 0 Å². The summed E-state index contributed by atoms with van der Waals surface area (Å²) in [6.45, 7) is 1.66. The summed E-state index contributed by atoms with van der Waals surface area (Å²) >= 11 is 0. The average Bonchev–Trinajstić information content (AvgIpc) is 2.68. The van der Waals surface area contributed by atoms with Gasteiger partial charge in [-0.3, -0.25) is 9.48 Å². The van der Waals surface area contributed by atoms with Crippen LogP contribution in [0.1, 0.15) is 21.6 Å². The van der Waals surface area contributed by atoms with Gasteiger partial charge in [0.2, 0.25) is 5.78 Å². The molecule has 0 aliphatic rings. The standard InChI is InChI=1S/C12H11FN2O/c1-8-3-4-9(7-10(8)13)12(16)11-5-6-15(2)14-11/h3-7H,1-2H3. The lowest BCUT2D eigenvalue weighted by Gasteiger charge is -2.00. The molecule has 0 bridgehead atoms. The molecule has 1 aromatic carbocycles. The minimum absolute atomic E-state index is 0.264. The first-order chi connectivity index (χ1) is 7.58. The molecule has 3 nitrogen and oxygen atoms in total. The van der Waals surface area contributed by atoms with Crippen LogP contribution in [0, 0.1) is 12.7 Å². The van der Waals surface area contributed by atoms with Gasteiger partial charge < -0.3 is 0 Å². The van der Waals surface area contributed by atoms with Crippen LogP contribution in [-0.2, 0) is 7.05 Å². The zero-order valence-electron chi connectivity index (χ0n) is 9.07. The van der Waals surface area contributed by atoms with Crippen molar-refractivity contribution in [2.45, 2.75) is 6.92 Å². The highest BCUT2D eigenvalue weighted by atomic mass is 19.1. The van der Waals surface area contributed by atoms with Crippen molar-refractivity contribution in [3.05, 3.63) is 53.1 Å². The van der Waals surface area contributed by atoms with Gasteiger partial charge in [-0.15, -0.1) is 0 Å². The average molecular weight is 218 g/mol. The van der Waals surface area contributed by atoms with Crippen LogP contribution in [-0.4, -0.2) is 15.6 Å². The second kappa shape index (κ2) is 3.89. The van der Waals surface area contributed by atoms with Gasteiger partial charge in [0, 0.05) is 18.8 Å². The number of aryl methyl sites for hydroxylation is 2. The lowest BCUT2D eigenvalue weighted by atomic mass is 10.1. The lowest BCUT2D eigenvalue weighted by Crippen LogP contribution is -2.04. The van der Waals surface area contributed by atoms with E-state index in [-0.39, 0.29) is 11.6 Å². The van der Waals surface area contributed by atoms with E-state index in [0.717, 1.165) is 0 Å². The summed E-state index contributed by atoms with van der Waals surface area (Å²) in [6, 6.07) is 6.05. The molecule has 0 unspecified atom stereocenters. The summed E-state index contributed by atoms with van der Waals surface area (Å²) in [6.07, 6.45) is 1.68. The summed E-state index contributed by atoms with van der Waals surface area (Å²) in [4.78, 5) is 11.9. The van der Waals surface area contributed by atoms with Crippen molar-refractivity contribution in [1.82, 2.24) is 9.78 Å². The lowest BCUT2D eigenvalue weighted by molar-refractivity contribution is 0.103. The zero-order valence-corrected chi connectivity index (χ0v) is 9.07. The van der Waals surface area contributed by atoms with Gasteiger partial charge in [0.05, 0.1) is 0 Å². The summed E-state index contributed by atoms with van der Waals surface area (Å²) in [5.41, 5.74) is 1.17. The molecule has 0 aliphatic heterocycles. The molecule has 0 atom stereocenters. The van der Waals surface area contributed by atoms with E-state index < -0.39 is 0 Å². The predicted molar refractivity (Wildman–Crippen MR) is 57.8 cm³/mol. The van der Waals surface area contributed by atoms with Gasteiger partial charge in [0.1, 0.15) is 11.5 Å². The van der Waals surface area contributed by atoms with Crippen LogP contribution in [0.5, 0.6) is 0 Å². The topological polar surface area (TPSA) is 34.9 Å². The van der Waals surface area contributed by atoms with E-state index in [1.165, 1.54) is 10.7 Å². The van der Waals surface area contributed by atoms with E-state index in [1.54, 1.807) is 38.4 Å². The number of ketones is 1. The number of hydrogen-bond donors (Lipinski definition) is 0. The maximum atomic E-state index is 13.3.